The number of amides is 1. The zero-order valence-corrected chi connectivity index (χ0v) is 16.4. The SMILES string of the molecule is CC(C)Oc1ccc(Nc2ccnc(C(=O)N(C)Cc3ccccc3)c2)cc1. The maximum Gasteiger partial charge on any atom is 0.272 e. The van der Waals surface area contributed by atoms with E-state index < -0.39 is 0 Å². The number of hydrogen-bond donors (Lipinski definition) is 1. The molecular weight excluding hydrogens is 350 g/mol. The van der Waals surface area contributed by atoms with E-state index in [0.717, 1.165) is 22.7 Å². The standard InChI is InChI=1S/C23H25N3O2/c1-17(2)28-21-11-9-19(10-12-21)25-20-13-14-24-22(15-20)23(27)26(3)16-18-7-5-4-6-8-18/h4-15,17H,16H2,1-3H3,(H,24,25). The van der Waals surface area contributed by atoms with Gasteiger partial charge in [-0.15, -0.1) is 0 Å². The third-order valence-electron chi connectivity index (χ3n) is 4.10. The van der Waals surface area contributed by atoms with Crippen molar-refractivity contribution in [3.63, 3.8) is 0 Å². The van der Waals surface area contributed by atoms with Crippen LogP contribution in [-0.4, -0.2) is 28.9 Å². The number of hydrogen-bond acceptors (Lipinski definition) is 4. The van der Waals surface area contributed by atoms with Crippen LogP contribution in [0.4, 0.5) is 11.4 Å². The van der Waals surface area contributed by atoms with E-state index in [4.69, 9.17) is 4.74 Å². The zero-order valence-electron chi connectivity index (χ0n) is 16.4. The maximum absolute atomic E-state index is 12.7. The van der Waals surface area contributed by atoms with Gasteiger partial charge in [-0.25, -0.2) is 0 Å². The summed E-state index contributed by atoms with van der Waals surface area (Å²) in [4.78, 5) is 18.6. The first-order valence-corrected chi connectivity index (χ1v) is 9.30. The van der Waals surface area contributed by atoms with Gasteiger partial charge in [0.2, 0.25) is 0 Å². The summed E-state index contributed by atoms with van der Waals surface area (Å²) < 4.78 is 5.66. The Kier molecular flexibility index (Phi) is 6.27. The number of nitrogens with one attached hydrogen (secondary N) is 1. The van der Waals surface area contributed by atoms with Crippen LogP contribution in [0.15, 0.2) is 72.9 Å². The molecule has 0 bridgehead atoms. The highest BCUT2D eigenvalue weighted by Crippen LogP contribution is 2.21. The first kappa shape index (κ1) is 19.4. The van der Waals surface area contributed by atoms with E-state index in [9.17, 15) is 4.79 Å². The number of rotatable bonds is 7. The Balaban J connectivity index is 1.67. The fraction of sp³-hybridized carbons (Fsp3) is 0.217. The van der Waals surface area contributed by atoms with Crippen LogP contribution in [0.3, 0.4) is 0 Å². The third kappa shape index (κ3) is 5.33. The van der Waals surface area contributed by atoms with E-state index in [0.29, 0.717) is 12.2 Å². The molecule has 0 fully saturated rings. The summed E-state index contributed by atoms with van der Waals surface area (Å²) in [6, 6.07) is 21.2. The van der Waals surface area contributed by atoms with Gasteiger partial charge in [0.1, 0.15) is 11.4 Å². The molecule has 2 aromatic carbocycles. The van der Waals surface area contributed by atoms with E-state index in [1.807, 2.05) is 74.5 Å². The van der Waals surface area contributed by atoms with Crippen molar-refractivity contribution in [2.24, 2.45) is 0 Å². The molecule has 0 aliphatic carbocycles. The fourth-order valence-corrected chi connectivity index (χ4v) is 2.81. The average Bonchev–Trinajstić information content (AvgIpc) is 2.69. The molecular formula is C23H25N3O2. The zero-order chi connectivity index (χ0) is 19.9. The minimum Gasteiger partial charge on any atom is -0.491 e. The van der Waals surface area contributed by atoms with Gasteiger partial charge < -0.3 is 15.0 Å². The molecule has 28 heavy (non-hydrogen) atoms. The van der Waals surface area contributed by atoms with Crippen molar-refractivity contribution < 1.29 is 9.53 Å². The number of aromatic nitrogens is 1. The van der Waals surface area contributed by atoms with Gasteiger partial charge in [0.15, 0.2) is 0 Å². The topological polar surface area (TPSA) is 54.5 Å². The van der Waals surface area contributed by atoms with E-state index >= 15 is 0 Å². The quantitative estimate of drug-likeness (QED) is 0.639. The van der Waals surface area contributed by atoms with Crippen LogP contribution >= 0.6 is 0 Å². The summed E-state index contributed by atoms with van der Waals surface area (Å²) in [5.74, 6) is 0.710. The van der Waals surface area contributed by atoms with Crippen molar-refractivity contribution in [1.29, 1.82) is 0 Å². The second-order valence-electron chi connectivity index (χ2n) is 6.89. The smallest absolute Gasteiger partial charge is 0.272 e. The second kappa shape index (κ2) is 9.04. The van der Waals surface area contributed by atoms with Crippen molar-refractivity contribution in [2.45, 2.75) is 26.5 Å². The molecule has 1 amide bonds. The molecule has 0 radical (unpaired) electrons. The first-order valence-electron chi connectivity index (χ1n) is 9.30. The number of benzene rings is 2. The molecule has 0 spiro atoms. The lowest BCUT2D eigenvalue weighted by Crippen LogP contribution is -2.27. The molecule has 0 saturated heterocycles. The summed E-state index contributed by atoms with van der Waals surface area (Å²) in [6.07, 6.45) is 1.78. The normalized spacial score (nSPS) is 10.6. The van der Waals surface area contributed by atoms with E-state index in [2.05, 4.69) is 10.3 Å². The molecule has 1 N–H and O–H groups in total. The molecule has 0 saturated carbocycles. The number of anilines is 2. The lowest BCUT2D eigenvalue weighted by molar-refractivity contribution is 0.0779. The van der Waals surface area contributed by atoms with Crippen LogP contribution in [0.25, 0.3) is 0 Å². The highest BCUT2D eigenvalue weighted by atomic mass is 16.5. The van der Waals surface area contributed by atoms with Crippen LogP contribution < -0.4 is 10.1 Å². The van der Waals surface area contributed by atoms with Crippen LogP contribution in [0.1, 0.15) is 29.9 Å². The molecule has 5 nitrogen and oxygen atoms in total. The van der Waals surface area contributed by atoms with Crippen LogP contribution in [0.5, 0.6) is 5.75 Å². The summed E-state index contributed by atoms with van der Waals surface area (Å²) in [5, 5.41) is 3.30. The Bertz CT molecular complexity index is 909. The predicted octanol–water partition coefficient (Wildman–Crippen LogP) is 4.88. The monoisotopic (exact) mass is 375 g/mol. The number of carbonyl (C=O) groups is 1. The van der Waals surface area contributed by atoms with Crippen molar-refractivity contribution in [2.75, 3.05) is 12.4 Å². The Labute approximate surface area is 166 Å². The molecule has 1 aromatic heterocycles. The van der Waals surface area contributed by atoms with Gasteiger partial charge >= 0.3 is 0 Å². The van der Waals surface area contributed by atoms with E-state index in [-0.39, 0.29) is 12.0 Å². The summed E-state index contributed by atoms with van der Waals surface area (Å²) >= 11 is 0. The molecule has 144 valence electrons. The van der Waals surface area contributed by atoms with Gasteiger partial charge in [0, 0.05) is 31.2 Å². The Hall–Kier alpha value is -3.34. The van der Waals surface area contributed by atoms with E-state index in [1.54, 1.807) is 24.2 Å². The highest BCUT2D eigenvalue weighted by Gasteiger charge is 2.14. The summed E-state index contributed by atoms with van der Waals surface area (Å²) in [5.41, 5.74) is 3.21. The van der Waals surface area contributed by atoms with Crippen molar-refractivity contribution in [1.82, 2.24) is 9.88 Å². The largest absolute Gasteiger partial charge is 0.491 e. The first-order chi connectivity index (χ1) is 13.5. The number of carbonyl (C=O) groups excluding carboxylic acids is 1. The Morgan fingerprint density at radius 3 is 2.43 bits per heavy atom. The van der Waals surface area contributed by atoms with Gasteiger partial charge in [-0.3, -0.25) is 9.78 Å². The Morgan fingerprint density at radius 1 is 1.04 bits per heavy atom. The minimum absolute atomic E-state index is 0.117. The number of nitrogens with zero attached hydrogens (tertiary/aromatic N) is 2. The van der Waals surface area contributed by atoms with Gasteiger partial charge in [0.25, 0.3) is 5.91 Å². The Morgan fingerprint density at radius 2 is 1.75 bits per heavy atom. The molecule has 0 atom stereocenters. The van der Waals surface area contributed by atoms with Gasteiger partial charge in [0.05, 0.1) is 6.10 Å². The fourth-order valence-electron chi connectivity index (χ4n) is 2.81. The average molecular weight is 375 g/mol. The van der Waals surface area contributed by atoms with Gasteiger partial charge in [-0.1, -0.05) is 30.3 Å². The van der Waals surface area contributed by atoms with Gasteiger partial charge in [-0.05, 0) is 55.8 Å². The molecule has 0 aliphatic rings. The van der Waals surface area contributed by atoms with Crippen LogP contribution in [-0.2, 0) is 6.54 Å². The van der Waals surface area contributed by atoms with Gasteiger partial charge in [-0.2, -0.15) is 0 Å². The molecule has 0 unspecified atom stereocenters. The predicted molar refractivity (Wildman–Crippen MR) is 112 cm³/mol. The minimum atomic E-state index is -0.117. The third-order valence-corrected chi connectivity index (χ3v) is 4.10. The van der Waals surface area contributed by atoms with Crippen LogP contribution in [0.2, 0.25) is 0 Å². The molecule has 0 aliphatic heterocycles. The molecule has 3 aromatic rings. The molecule has 5 heteroatoms. The summed E-state index contributed by atoms with van der Waals surface area (Å²) in [7, 11) is 1.78. The molecule has 1 heterocycles. The van der Waals surface area contributed by atoms with Crippen molar-refractivity contribution in [3.8, 4) is 5.75 Å². The second-order valence-corrected chi connectivity index (χ2v) is 6.89. The molecule has 3 rings (SSSR count). The lowest BCUT2D eigenvalue weighted by atomic mass is 10.2. The number of pyridine rings is 1. The van der Waals surface area contributed by atoms with E-state index in [1.165, 1.54) is 0 Å². The lowest BCUT2D eigenvalue weighted by Gasteiger charge is -2.17. The highest BCUT2D eigenvalue weighted by molar-refractivity contribution is 5.93. The summed E-state index contributed by atoms with van der Waals surface area (Å²) in [6.45, 7) is 4.53. The van der Waals surface area contributed by atoms with Crippen molar-refractivity contribution in [3.05, 3.63) is 84.2 Å². The van der Waals surface area contributed by atoms with Crippen molar-refractivity contribution >= 4 is 17.3 Å². The van der Waals surface area contributed by atoms with Crippen LogP contribution in [0, 0.1) is 0 Å². The maximum atomic E-state index is 12.7. The number of ether oxygens (including phenoxy) is 1.